The molecule has 1 aliphatic heterocycles. The Morgan fingerprint density at radius 1 is 0.971 bits per heavy atom. The number of nitrogens with zero attached hydrogens (tertiary/aromatic N) is 6. The smallest absolute Gasteiger partial charge is 0.411 e. The number of anilines is 1. The Morgan fingerprint density at radius 3 is 2.41 bits per heavy atom. The molecule has 2 amide bonds. The SMILES string of the molecule is CC(C)(C)OC(=O)N(CC(=O)N1CCN(c2ncnc3ncccc23)CC1)Cc1ccccc1. The number of carbonyl (C=O) groups is 2. The summed E-state index contributed by atoms with van der Waals surface area (Å²) in [6.45, 7) is 8.08. The van der Waals surface area contributed by atoms with Crippen LogP contribution in [-0.2, 0) is 16.1 Å². The first-order chi connectivity index (χ1) is 16.3. The lowest BCUT2D eigenvalue weighted by atomic mass is 10.2. The number of aromatic nitrogens is 3. The van der Waals surface area contributed by atoms with Crippen LogP contribution in [0.15, 0.2) is 55.0 Å². The largest absolute Gasteiger partial charge is 0.444 e. The third-order valence-electron chi connectivity index (χ3n) is 5.51. The molecule has 0 spiro atoms. The van der Waals surface area contributed by atoms with Crippen LogP contribution >= 0.6 is 0 Å². The fourth-order valence-corrected chi connectivity index (χ4v) is 3.88. The minimum absolute atomic E-state index is 0.0375. The number of carbonyl (C=O) groups excluding carboxylic acids is 2. The van der Waals surface area contributed by atoms with Gasteiger partial charge in [0.15, 0.2) is 5.65 Å². The summed E-state index contributed by atoms with van der Waals surface area (Å²) in [6, 6.07) is 13.4. The number of ether oxygens (including phenoxy) is 1. The van der Waals surface area contributed by atoms with Crippen molar-refractivity contribution >= 4 is 28.9 Å². The summed E-state index contributed by atoms with van der Waals surface area (Å²) in [5.41, 5.74) is 0.950. The highest BCUT2D eigenvalue weighted by molar-refractivity contribution is 5.87. The van der Waals surface area contributed by atoms with E-state index in [-0.39, 0.29) is 12.5 Å². The van der Waals surface area contributed by atoms with E-state index in [2.05, 4.69) is 19.9 Å². The van der Waals surface area contributed by atoms with Gasteiger partial charge in [-0.3, -0.25) is 9.69 Å². The molecule has 34 heavy (non-hydrogen) atoms. The number of piperazine rings is 1. The van der Waals surface area contributed by atoms with Crippen LogP contribution in [0.25, 0.3) is 11.0 Å². The zero-order chi connectivity index (χ0) is 24.1. The number of benzene rings is 1. The van der Waals surface area contributed by atoms with Gasteiger partial charge >= 0.3 is 6.09 Å². The second kappa shape index (κ2) is 10.0. The number of fused-ring (bicyclic) bond motifs is 1. The Hall–Kier alpha value is -3.75. The molecule has 0 unspecified atom stereocenters. The topological polar surface area (TPSA) is 91.8 Å². The molecule has 1 saturated heterocycles. The van der Waals surface area contributed by atoms with Crippen molar-refractivity contribution in [1.82, 2.24) is 24.8 Å². The molecule has 1 aromatic carbocycles. The molecule has 1 aliphatic rings. The predicted molar refractivity (Wildman–Crippen MR) is 129 cm³/mol. The van der Waals surface area contributed by atoms with Crippen molar-refractivity contribution in [3.63, 3.8) is 0 Å². The van der Waals surface area contributed by atoms with Crippen LogP contribution in [0.5, 0.6) is 0 Å². The molecular formula is C25H30N6O3. The van der Waals surface area contributed by atoms with Crippen molar-refractivity contribution < 1.29 is 14.3 Å². The zero-order valence-corrected chi connectivity index (χ0v) is 19.8. The van der Waals surface area contributed by atoms with E-state index in [1.807, 2.05) is 63.2 Å². The van der Waals surface area contributed by atoms with Crippen molar-refractivity contribution in [2.45, 2.75) is 32.9 Å². The van der Waals surface area contributed by atoms with Gasteiger partial charge in [0.2, 0.25) is 5.91 Å². The summed E-state index contributed by atoms with van der Waals surface area (Å²) in [7, 11) is 0. The van der Waals surface area contributed by atoms with Gasteiger partial charge in [0.25, 0.3) is 0 Å². The van der Waals surface area contributed by atoms with Gasteiger partial charge in [-0.05, 0) is 38.5 Å². The maximum atomic E-state index is 13.1. The first-order valence-corrected chi connectivity index (χ1v) is 11.4. The number of hydrogen-bond acceptors (Lipinski definition) is 7. The molecule has 9 nitrogen and oxygen atoms in total. The summed E-state index contributed by atoms with van der Waals surface area (Å²) in [6.07, 6.45) is 2.73. The molecule has 0 saturated carbocycles. The lowest BCUT2D eigenvalue weighted by Crippen LogP contribution is -2.52. The van der Waals surface area contributed by atoms with Gasteiger partial charge in [0, 0.05) is 38.9 Å². The molecule has 3 heterocycles. The van der Waals surface area contributed by atoms with Gasteiger partial charge in [-0.15, -0.1) is 0 Å². The predicted octanol–water partition coefficient (Wildman–Crippen LogP) is 3.11. The Labute approximate surface area is 199 Å². The van der Waals surface area contributed by atoms with Gasteiger partial charge in [-0.2, -0.15) is 0 Å². The standard InChI is InChI=1S/C25H30N6O3/c1-25(2,3)34-24(33)31(16-19-8-5-4-6-9-19)17-21(32)29-12-14-30(15-13-29)23-20-10-7-11-26-22(20)27-18-28-23/h4-11,18H,12-17H2,1-3H3. The van der Waals surface area contributed by atoms with Crippen LogP contribution < -0.4 is 4.90 Å². The van der Waals surface area contributed by atoms with E-state index in [0.29, 0.717) is 38.4 Å². The first kappa shape index (κ1) is 23.4. The van der Waals surface area contributed by atoms with Gasteiger partial charge < -0.3 is 14.5 Å². The van der Waals surface area contributed by atoms with Crippen molar-refractivity contribution in [3.05, 3.63) is 60.6 Å². The third-order valence-corrected chi connectivity index (χ3v) is 5.51. The van der Waals surface area contributed by atoms with Crippen LogP contribution in [0.1, 0.15) is 26.3 Å². The maximum Gasteiger partial charge on any atom is 0.411 e. The molecule has 0 bridgehead atoms. The highest BCUT2D eigenvalue weighted by Crippen LogP contribution is 2.22. The average Bonchev–Trinajstić information content (AvgIpc) is 2.83. The van der Waals surface area contributed by atoms with Crippen LogP contribution in [0, 0.1) is 0 Å². The van der Waals surface area contributed by atoms with Gasteiger partial charge in [-0.25, -0.2) is 19.7 Å². The van der Waals surface area contributed by atoms with Gasteiger partial charge in [0.1, 0.15) is 24.3 Å². The van der Waals surface area contributed by atoms with Gasteiger partial charge in [0.05, 0.1) is 5.39 Å². The molecule has 0 radical (unpaired) electrons. The molecule has 3 aromatic rings. The van der Waals surface area contributed by atoms with E-state index in [1.54, 1.807) is 11.1 Å². The Kier molecular flexibility index (Phi) is 6.90. The quantitative estimate of drug-likeness (QED) is 0.575. The molecule has 4 rings (SSSR count). The van der Waals surface area contributed by atoms with Gasteiger partial charge in [-0.1, -0.05) is 30.3 Å². The summed E-state index contributed by atoms with van der Waals surface area (Å²) in [4.78, 5) is 44.4. The molecule has 2 aromatic heterocycles. The van der Waals surface area contributed by atoms with E-state index in [9.17, 15) is 9.59 Å². The molecule has 9 heteroatoms. The summed E-state index contributed by atoms with van der Waals surface area (Å²) in [5.74, 6) is 0.723. The lowest BCUT2D eigenvalue weighted by molar-refractivity contribution is -0.132. The van der Waals surface area contributed by atoms with Crippen molar-refractivity contribution in [3.8, 4) is 0 Å². The highest BCUT2D eigenvalue weighted by atomic mass is 16.6. The minimum Gasteiger partial charge on any atom is -0.444 e. The number of pyridine rings is 1. The Morgan fingerprint density at radius 2 is 1.71 bits per heavy atom. The van der Waals surface area contributed by atoms with Crippen molar-refractivity contribution in [2.75, 3.05) is 37.6 Å². The fourth-order valence-electron chi connectivity index (χ4n) is 3.88. The lowest BCUT2D eigenvalue weighted by Gasteiger charge is -2.36. The van der Waals surface area contributed by atoms with E-state index in [1.165, 1.54) is 11.2 Å². The van der Waals surface area contributed by atoms with E-state index >= 15 is 0 Å². The molecule has 178 valence electrons. The minimum atomic E-state index is -0.643. The summed E-state index contributed by atoms with van der Waals surface area (Å²) in [5, 5.41) is 0.892. The normalized spacial score (nSPS) is 14.2. The van der Waals surface area contributed by atoms with E-state index in [4.69, 9.17) is 4.74 Å². The highest BCUT2D eigenvalue weighted by Gasteiger charge is 2.28. The summed E-state index contributed by atoms with van der Waals surface area (Å²) >= 11 is 0. The molecule has 0 N–H and O–H groups in total. The number of hydrogen-bond donors (Lipinski definition) is 0. The van der Waals surface area contributed by atoms with Crippen molar-refractivity contribution in [1.29, 1.82) is 0 Å². The van der Waals surface area contributed by atoms with Crippen molar-refractivity contribution in [2.24, 2.45) is 0 Å². The Bertz CT molecular complexity index is 1130. The van der Waals surface area contributed by atoms with Crippen LogP contribution in [0.3, 0.4) is 0 Å². The average molecular weight is 463 g/mol. The number of rotatable bonds is 5. The Balaban J connectivity index is 1.41. The fraction of sp³-hybridized carbons (Fsp3) is 0.400. The zero-order valence-electron chi connectivity index (χ0n) is 19.8. The van der Waals surface area contributed by atoms with Crippen LogP contribution in [-0.4, -0.2) is 75.1 Å². The van der Waals surface area contributed by atoms with E-state index < -0.39 is 11.7 Å². The molecule has 0 atom stereocenters. The number of amides is 2. The maximum absolute atomic E-state index is 13.1. The molecule has 1 fully saturated rings. The van der Waals surface area contributed by atoms with Crippen LogP contribution in [0.2, 0.25) is 0 Å². The second-order valence-corrected chi connectivity index (χ2v) is 9.26. The molecular weight excluding hydrogens is 432 g/mol. The van der Waals surface area contributed by atoms with Crippen LogP contribution in [0.4, 0.5) is 10.6 Å². The van der Waals surface area contributed by atoms with E-state index in [0.717, 1.165) is 16.8 Å². The monoisotopic (exact) mass is 462 g/mol. The first-order valence-electron chi connectivity index (χ1n) is 11.4. The molecule has 0 aliphatic carbocycles. The second-order valence-electron chi connectivity index (χ2n) is 9.26. The summed E-state index contributed by atoms with van der Waals surface area (Å²) < 4.78 is 5.56. The third kappa shape index (κ3) is 5.78.